The molecule has 1 aromatic rings. The zero-order valence-electron chi connectivity index (χ0n) is 13.2. The highest BCUT2D eigenvalue weighted by atomic mass is 32.2. The monoisotopic (exact) mass is 295 g/mol. The van der Waals surface area contributed by atoms with Crippen LogP contribution in [0.3, 0.4) is 0 Å². The Balaban J connectivity index is 2.54. The van der Waals surface area contributed by atoms with Crippen molar-refractivity contribution in [1.29, 1.82) is 0 Å². The maximum absolute atomic E-state index is 12.1. The van der Waals surface area contributed by atoms with Gasteiger partial charge in [0.2, 0.25) is 0 Å². The predicted octanol–water partition coefficient (Wildman–Crippen LogP) is 3.84. The van der Waals surface area contributed by atoms with Gasteiger partial charge in [-0.1, -0.05) is 57.4 Å². The summed E-state index contributed by atoms with van der Waals surface area (Å²) >= 11 is 0. The lowest BCUT2D eigenvalue weighted by Crippen LogP contribution is -2.23. The van der Waals surface area contributed by atoms with Gasteiger partial charge in [0.1, 0.15) is 0 Å². The summed E-state index contributed by atoms with van der Waals surface area (Å²) < 4.78 is 12.1. The van der Waals surface area contributed by atoms with Crippen LogP contribution >= 0.6 is 0 Å². The Morgan fingerprint density at radius 2 is 1.80 bits per heavy atom. The fourth-order valence-electron chi connectivity index (χ4n) is 2.33. The summed E-state index contributed by atoms with van der Waals surface area (Å²) in [5.41, 5.74) is 2.63. The molecule has 114 valence electrons. The lowest BCUT2D eigenvalue weighted by molar-refractivity contribution is 0.632. The van der Waals surface area contributed by atoms with Crippen LogP contribution in [0.25, 0.3) is 0 Å². The normalized spacial score (nSPS) is 14.2. The number of hydrogen-bond acceptors (Lipinski definition) is 2. The lowest BCUT2D eigenvalue weighted by Gasteiger charge is -2.16. The van der Waals surface area contributed by atoms with Crippen molar-refractivity contribution in [2.24, 2.45) is 0 Å². The molecule has 2 nitrogen and oxygen atoms in total. The Morgan fingerprint density at radius 3 is 2.35 bits per heavy atom. The molecule has 0 bridgehead atoms. The molecular weight excluding hydrogens is 266 g/mol. The number of nitrogens with one attached hydrogen (secondary N) is 1. The molecule has 0 heterocycles. The third-order valence-electron chi connectivity index (χ3n) is 3.60. The zero-order valence-corrected chi connectivity index (χ0v) is 14.0. The number of hydrogen-bond donors (Lipinski definition) is 1. The van der Waals surface area contributed by atoms with Crippen molar-refractivity contribution in [2.75, 3.05) is 18.6 Å². The summed E-state index contributed by atoms with van der Waals surface area (Å²) in [7, 11) is 1.23. The van der Waals surface area contributed by atoms with Crippen LogP contribution in [0.15, 0.2) is 24.3 Å². The minimum absolute atomic E-state index is 0.202. The summed E-state index contributed by atoms with van der Waals surface area (Å²) in [6.07, 6.45) is 5.76. The third-order valence-corrected chi connectivity index (χ3v) is 5.05. The van der Waals surface area contributed by atoms with Gasteiger partial charge < -0.3 is 5.32 Å². The fraction of sp³-hybridized carbons (Fsp3) is 0.647. The van der Waals surface area contributed by atoms with Crippen LogP contribution in [0.2, 0.25) is 0 Å². The Kier molecular flexibility index (Phi) is 8.79. The second-order valence-corrected chi connectivity index (χ2v) is 6.97. The van der Waals surface area contributed by atoms with Crippen LogP contribution in [0, 0.1) is 0 Å². The molecule has 0 saturated carbocycles. The Morgan fingerprint density at radius 1 is 1.10 bits per heavy atom. The lowest BCUT2D eigenvalue weighted by atomic mass is 10.0. The third kappa shape index (κ3) is 6.19. The van der Waals surface area contributed by atoms with Crippen LogP contribution in [0.4, 0.5) is 0 Å². The smallest absolute Gasteiger partial charge is 0.0434 e. The van der Waals surface area contributed by atoms with Crippen LogP contribution in [0.1, 0.15) is 56.7 Å². The highest BCUT2D eigenvalue weighted by Gasteiger charge is 2.12. The summed E-state index contributed by atoms with van der Waals surface area (Å²) in [4.78, 5) is 0. The van der Waals surface area contributed by atoms with Gasteiger partial charge in [-0.25, -0.2) is 0 Å². The first-order chi connectivity index (χ1) is 9.71. The summed E-state index contributed by atoms with van der Waals surface area (Å²) in [6.45, 7) is 4.38. The van der Waals surface area contributed by atoms with E-state index in [0.717, 1.165) is 18.6 Å². The van der Waals surface area contributed by atoms with E-state index in [1.165, 1.54) is 30.4 Å². The second kappa shape index (κ2) is 10.1. The van der Waals surface area contributed by atoms with Crippen molar-refractivity contribution in [2.45, 2.75) is 52.0 Å². The van der Waals surface area contributed by atoms with Crippen molar-refractivity contribution in [3.8, 4) is 0 Å². The van der Waals surface area contributed by atoms with Crippen molar-refractivity contribution in [3.63, 3.8) is 0 Å². The molecule has 0 radical (unpaired) electrons. The van der Waals surface area contributed by atoms with E-state index in [1.807, 2.05) is 7.05 Å². The van der Waals surface area contributed by atoms with Crippen molar-refractivity contribution >= 4 is 10.8 Å². The first-order valence-corrected chi connectivity index (χ1v) is 9.31. The molecule has 0 aromatic heterocycles. The largest absolute Gasteiger partial charge is 0.312 e. The van der Waals surface area contributed by atoms with E-state index in [0.29, 0.717) is 5.75 Å². The van der Waals surface area contributed by atoms with Gasteiger partial charge in [-0.3, -0.25) is 4.21 Å². The van der Waals surface area contributed by atoms with E-state index in [2.05, 4.69) is 43.4 Å². The van der Waals surface area contributed by atoms with Crippen molar-refractivity contribution in [3.05, 3.63) is 35.4 Å². The van der Waals surface area contributed by atoms with Crippen molar-refractivity contribution in [1.82, 2.24) is 5.32 Å². The minimum Gasteiger partial charge on any atom is -0.312 e. The summed E-state index contributed by atoms with van der Waals surface area (Å²) in [5, 5.41) is 3.30. The van der Waals surface area contributed by atoms with E-state index in [1.54, 1.807) is 0 Å². The predicted molar refractivity (Wildman–Crippen MR) is 89.6 cm³/mol. The van der Waals surface area contributed by atoms with Gasteiger partial charge in [-0.05, 0) is 31.0 Å². The molecule has 0 aliphatic rings. The SMILES string of the molecule is CCCCCS(=O)CC(NC)c1ccc(CCC)cc1. The molecule has 0 amide bonds. The molecule has 3 heteroatoms. The average molecular weight is 295 g/mol. The topological polar surface area (TPSA) is 29.1 Å². The molecule has 0 fully saturated rings. The number of aryl methyl sites for hydroxylation is 1. The number of rotatable bonds is 10. The molecule has 20 heavy (non-hydrogen) atoms. The molecule has 0 spiro atoms. The van der Waals surface area contributed by atoms with Crippen LogP contribution < -0.4 is 5.32 Å². The van der Waals surface area contributed by atoms with E-state index < -0.39 is 10.8 Å². The van der Waals surface area contributed by atoms with Gasteiger partial charge in [-0.2, -0.15) is 0 Å². The van der Waals surface area contributed by atoms with E-state index in [4.69, 9.17) is 0 Å². The standard InChI is InChI=1S/C17H29NOS/c1-4-6-7-13-20(19)14-17(18-3)16-11-9-15(8-5-2)10-12-16/h9-12,17-18H,4-8,13-14H2,1-3H3. The number of benzene rings is 1. The van der Waals surface area contributed by atoms with Crippen LogP contribution in [-0.2, 0) is 17.2 Å². The highest BCUT2D eigenvalue weighted by molar-refractivity contribution is 7.85. The molecule has 2 atom stereocenters. The summed E-state index contributed by atoms with van der Waals surface area (Å²) in [6, 6.07) is 8.95. The Hall–Kier alpha value is -0.670. The quantitative estimate of drug-likeness (QED) is 0.665. The van der Waals surface area contributed by atoms with Gasteiger partial charge in [0.05, 0.1) is 0 Å². The van der Waals surface area contributed by atoms with Gasteiger partial charge in [-0.15, -0.1) is 0 Å². The van der Waals surface area contributed by atoms with Gasteiger partial charge >= 0.3 is 0 Å². The second-order valence-electron chi connectivity index (χ2n) is 5.35. The Labute approximate surface area is 126 Å². The molecule has 1 aromatic carbocycles. The summed E-state index contributed by atoms with van der Waals surface area (Å²) in [5.74, 6) is 1.55. The average Bonchev–Trinajstić information content (AvgIpc) is 2.46. The minimum atomic E-state index is -0.723. The van der Waals surface area contributed by atoms with E-state index >= 15 is 0 Å². The van der Waals surface area contributed by atoms with Gasteiger partial charge in [0.15, 0.2) is 0 Å². The first-order valence-electron chi connectivity index (χ1n) is 7.82. The first kappa shape index (κ1) is 17.4. The highest BCUT2D eigenvalue weighted by Crippen LogP contribution is 2.16. The van der Waals surface area contributed by atoms with Crippen LogP contribution in [-0.4, -0.2) is 22.8 Å². The van der Waals surface area contributed by atoms with E-state index in [-0.39, 0.29) is 6.04 Å². The fourth-order valence-corrected chi connectivity index (χ4v) is 3.76. The molecule has 1 rings (SSSR count). The van der Waals surface area contributed by atoms with Crippen LogP contribution in [0.5, 0.6) is 0 Å². The molecular formula is C17H29NOS. The van der Waals surface area contributed by atoms with Gasteiger partial charge in [0.25, 0.3) is 0 Å². The molecule has 0 aliphatic heterocycles. The molecule has 0 aliphatic carbocycles. The molecule has 1 N–H and O–H groups in total. The van der Waals surface area contributed by atoms with E-state index in [9.17, 15) is 4.21 Å². The van der Waals surface area contributed by atoms with Gasteiger partial charge in [0, 0.05) is 28.3 Å². The Bertz CT molecular complexity index is 388. The molecule has 0 saturated heterocycles. The number of unbranched alkanes of at least 4 members (excludes halogenated alkanes) is 2. The molecule has 2 unspecified atom stereocenters. The maximum Gasteiger partial charge on any atom is 0.0434 e. The zero-order chi connectivity index (χ0) is 14.8. The maximum atomic E-state index is 12.1. The van der Waals surface area contributed by atoms with Crippen molar-refractivity contribution < 1.29 is 4.21 Å².